The maximum absolute atomic E-state index is 12.9. The highest BCUT2D eigenvalue weighted by Gasteiger charge is 2.31. The quantitative estimate of drug-likeness (QED) is 0.678. The molecule has 148 valence electrons. The first-order valence-electron chi connectivity index (χ1n) is 9.09. The molecule has 0 spiro atoms. The first-order chi connectivity index (χ1) is 13.3. The summed E-state index contributed by atoms with van der Waals surface area (Å²) in [4.78, 5) is 17.6. The van der Waals surface area contributed by atoms with Crippen LogP contribution in [0, 0.1) is 6.92 Å². The van der Waals surface area contributed by atoms with Crippen molar-refractivity contribution in [3.05, 3.63) is 58.1 Å². The summed E-state index contributed by atoms with van der Waals surface area (Å²) in [6.45, 7) is 3.95. The molecule has 2 N–H and O–H groups in total. The molecule has 1 atom stereocenters. The molecule has 1 aliphatic rings. The number of hydrogen-bond acceptors (Lipinski definition) is 4. The topological polar surface area (TPSA) is 87.6 Å². The molecular weight excluding hydrogens is 442 g/mol. The lowest BCUT2D eigenvalue weighted by Gasteiger charge is -2.15. The fourth-order valence-electron chi connectivity index (χ4n) is 3.02. The minimum Gasteiger partial charge on any atom is -0.324 e. The zero-order chi connectivity index (χ0) is 20.3. The second-order valence-corrected chi connectivity index (χ2v) is 9.25. The van der Waals surface area contributed by atoms with E-state index in [2.05, 4.69) is 31.0 Å². The molecule has 2 aromatic carbocycles. The number of aryl methyl sites for hydroxylation is 1. The Kier molecular flexibility index (Phi) is 6.20. The van der Waals surface area contributed by atoms with E-state index >= 15 is 0 Å². The summed E-state index contributed by atoms with van der Waals surface area (Å²) < 4.78 is 28.0. The van der Waals surface area contributed by atoms with Crippen molar-refractivity contribution in [2.75, 3.05) is 5.32 Å². The molecule has 3 rings (SSSR count). The van der Waals surface area contributed by atoms with Crippen molar-refractivity contribution < 1.29 is 13.2 Å². The van der Waals surface area contributed by atoms with E-state index < -0.39 is 16.1 Å². The summed E-state index contributed by atoms with van der Waals surface area (Å²) >= 11 is 3.41. The highest BCUT2D eigenvalue weighted by Crippen LogP contribution is 2.24. The van der Waals surface area contributed by atoms with Crippen LogP contribution in [-0.4, -0.2) is 26.2 Å². The average molecular weight is 464 g/mol. The number of aliphatic imine (C=N–C) groups is 1. The van der Waals surface area contributed by atoms with E-state index in [1.807, 2.05) is 32.0 Å². The molecule has 1 amide bonds. The van der Waals surface area contributed by atoms with Crippen LogP contribution in [0.2, 0.25) is 0 Å². The van der Waals surface area contributed by atoms with Crippen molar-refractivity contribution in [2.45, 2.75) is 44.0 Å². The fraction of sp³-hybridized carbons (Fsp3) is 0.300. The van der Waals surface area contributed by atoms with Crippen molar-refractivity contribution in [1.29, 1.82) is 0 Å². The van der Waals surface area contributed by atoms with Gasteiger partial charge in [-0.05, 0) is 49.2 Å². The summed E-state index contributed by atoms with van der Waals surface area (Å²) in [5.41, 5.74) is 2.13. The molecule has 6 nitrogen and oxygen atoms in total. The number of hydrogen-bond donors (Lipinski definition) is 2. The van der Waals surface area contributed by atoms with Crippen LogP contribution >= 0.6 is 15.9 Å². The van der Waals surface area contributed by atoms with Crippen LogP contribution in [0.15, 0.2) is 56.8 Å². The Balaban J connectivity index is 1.90. The Labute approximate surface area is 173 Å². The van der Waals surface area contributed by atoms with Crippen molar-refractivity contribution in [3.63, 3.8) is 0 Å². The molecule has 0 aliphatic carbocycles. The van der Waals surface area contributed by atoms with Gasteiger partial charge in [-0.25, -0.2) is 8.42 Å². The minimum atomic E-state index is -3.63. The number of halogens is 1. The molecule has 1 aliphatic heterocycles. The molecule has 2 aromatic rings. The minimum absolute atomic E-state index is 0.187. The fourth-order valence-corrected chi connectivity index (χ4v) is 4.74. The molecule has 0 fully saturated rings. The number of benzene rings is 2. The highest BCUT2D eigenvalue weighted by atomic mass is 79.9. The van der Waals surface area contributed by atoms with Gasteiger partial charge in [0.25, 0.3) is 10.0 Å². The molecular formula is C20H22BrN3O3S. The van der Waals surface area contributed by atoms with E-state index in [1.165, 1.54) is 6.07 Å². The van der Waals surface area contributed by atoms with Crippen LogP contribution in [-0.2, 0) is 14.8 Å². The van der Waals surface area contributed by atoms with Gasteiger partial charge in [0.15, 0.2) is 0 Å². The molecule has 28 heavy (non-hydrogen) atoms. The average Bonchev–Trinajstić information content (AvgIpc) is 2.91. The van der Waals surface area contributed by atoms with E-state index in [0.29, 0.717) is 17.7 Å². The molecule has 0 saturated heterocycles. The summed E-state index contributed by atoms with van der Waals surface area (Å²) in [6.07, 6.45) is 2.25. The lowest BCUT2D eigenvalue weighted by atomic mass is 10.1. The highest BCUT2D eigenvalue weighted by molar-refractivity contribution is 9.10. The zero-order valence-electron chi connectivity index (χ0n) is 15.7. The Morgan fingerprint density at radius 3 is 2.71 bits per heavy atom. The largest absolute Gasteiger partial charge is 0.324 e. The number of unbranched alkanes of at least 4 members (excludes halogenated alkanes) is 1. The Morgan fingerprint density at radius 2 is 2.00 bits per heavy atom. The molecule has 1 unspecified atom stereocenters. The van der Waals surface area contributed by atoms with Crippen molar-refractivity contribution in [3.8, 4) is 0 Å². The normalized spacial score (nSPS) is 17.0. The monoisotopic (exact) mass is 463 g/mol. The number of amides is 1. The van der Waals surface area contributed by atoms with Crippen LogP contribution in [0.25, 0.3) is 0 Å². The molecule has 0 saturated carbocycles. The number of amidine groups is 1. The smallest absolute Gasteiger partial charge is 0.263 e. The summed E-state index contributed by atoms with van der Waals surface area (Å²) in [7, 11) is -3.63. The van der Waals surface area contributed by atoms with Gasteiger partial charge in [0, 0.05) is 15.7 Å². The van der Waals surface area contributed by atoms with Crippen LogP contribution in [0.5, 0.6) is 0 Å². The zero-order valence-corrected chi connectivity index (χ0v) is 18.1. The number of nitrogens with one attached hydrogen (secondary N) is 2. The Bertz CT molecular complexity index is 1030. The van der Waals surface area contributed by atoms with E-state index in [4.69, 9.17) is 0 Å². The van der Waals surface area contributed by atoms with Gasteiger partial charge in [-0.3, -0.25) is 14.5 Å². The molecule has 0 radical (unpaired) electrons. The second-order valence-electron chi connectivity index (χ2n) is 6.69. The van der Waals surface area contributed by atoms with Crippen LogP contribution in [0.1, 0.15) is 37.3 Å². The van der Waals surface area contributed by atoms with Crippen LogP contribution in [0.3, 0.4) is 0 Å². The standard InChI is InChI=1S/C20H22BrN3O3S/c1-3-4-8-17(20(25)23-16-11-10-14(21)12-13(16)2)22-19-15-7-5-6-9-18(15)28(26,27)24-19/h5-7,9-12,17H,3-4,8H2,1-2H3,(H,22,24)(H,23,25). The first kappa shape index (κ1) is 20.5. The lowest BCUT2D eigenvalue weighted by Crippen LogP contribution is -2.31. The van der Waals surface area contributed by atoms with Gasteiger partial charge in [-0.2, -0.15) is 0 Å². The summed E-state index contributed by atoms with van der Waals surface area (Å²) in [5, 5.41) is 2.92. The van der Waals surface area contributed by atoms with Gasteiger partial charge < -0.3 is 5.32 Å². The van der Waals surface area contributed by atoms with E-state index in [9.17, 15) is 13.2 Å². The number of nitrogens with zero attached hydrogens (tertiary/aromatic N) is 1. The van der Waals surface area contributed by atoms with Crippen LogP contribution in [0.4, 0.5) is 5.69 Å². The predicted molar refractivity (Wildman–Crippen MR) is 114 cm³/mol. The van der Waals surface area contributed by atoms with E-state index in [0.717, 1.165) is 22.9 Å². The van der Waals surface area contributed by atoms with Crippen LogP contribution < -0.4 is 10.0 Å². The SMILES string of the molecule is CCCCC(N=C1NS(=O)(=O)c2ccccc21)C(=O)Nc1ccc(Br)cc1C. The van der Waals surface area contributed by atoms with Crippen molar-refractivity contribution >= 4 is 43.4 Å². The van der Waals surface area contributed by atoms with Crippen molar-refractivity contribution in [2.24, 2.45) is 4.99 Å². The number of carbonyl (C=O) groups excluding carboxylic acids is 1. The third-order valence-corrected chi connectivity index (χ3v) is 6.42. The third-order valence-electron chi connectivity index (χ3n) is 4.53. The van der Waals surface area contributed by atoms with E-state index in [-0.39, 0.29) is 16.6 Å². The summed E-state index contributed by atoms with van der Waals surface area (Å²) in [6, 6.07) is 11.6. The second kappa shape index (κ2) is 8.45. The number of fused-ring (bicyclic) bond motifs is 1. The van der Waals surface area contributed by atoms with Gasteiger partial charge >= 0.3 is 0 Å². The first-order valence-corrected chi connectivity index (χ1v) is 11.4. The maximum atomic E-state index is 12.9. The van der Waals surface area contributed by atoms with Gasteiger partial charge in [0.2, 0.25) is 5.91 Å². The summed E-state index contributed by atoms with van der Waals surface area (Å²) in [5.74, 6) is -0.0330. The number of carbonyl (C=O) groups is 1. The molecule has 8 heteroatoms. The Hall–Kier alpha value is -2.19. The number of sulfonamides is 1. The third kappa shape index (κ3) is 4.44. The molecule has 0 bridgehead atoms. The molecule has 0 aromatic heterocycles. The lowest BCUT2D eigenvalue weighted by molar-refractivity contribution is -0.117. The van der Waals surface area contributed by atoms with Gasteiger partial charge in [-0.1, -0.05) is 47.8 Å². The number of rotatable bonds is 6. The molecule has 1 heterocycles. The number of anilines is 1. The van der Waals surface area contributed by atoms with Crippen molar-refractivity contribution in [1.82, 2.24) is 4.72 Å². The predicted octanol–water partition coefficient (Wildman–Crippen LogP) is 3.99. The Morgan fingerprint density at radius 1 is 1.25 bits per heavy atom. The van der Waals surface area contributed by atoms with Gasteiger partial charge in [-0.15, -0.1) is 0 Å². The van der Waals surface area contributed by atoms with Gasteiger partial charge in [0.05, 0.1) is 4.90 Å². The van der Waals surface area contributed by atoms with Gasteiger partial charge in [0.1, 0.15) is 11.9 Å². The maximum Gasteiger partial charge on any atom is 0.263 e. The van der Waals surface area contributed by atoms with E-state index in [1.54, 1.807) is 18.2 Å².